The number of esters is 1. The molecule has 0 spiro atoms. The van der Waals surface area contributed by atoms with Crippen LogP contribution in [-0.4, -0.2) is 31.4 Å². The van der Waals surface area contributed by atoms with Crippen LogP contribution in [0, 0.1) is 28.6 Å². The van der Waals surface area contributed by atoms with Crippen LogP contribution in [0.25, 0.3) is 0 Å². The SMILES string of the molecule is COC(=O)[C@@H]1[C@@H]2OC(=O)O[C@@H]2[C@H]2C(C)(C)CCC[C@]2(C)[C@H]1CCc1ccoc1. The van der Waals surface area contributed by atoms with Crippen molar-refractivity contribution < 1.29 is 28.2 Å². The highest BCUT2D eigenvalue weighted by molar-refractivity contribution is 5.75. The highest BCUT2D eigenvalue weighted by Gasteiger charge is 2.67. The maximum atomic E-state index is 12.9. The molecular formula is C22H30O6. The third kappa shape index (κ3) is 2.92. The Kier molecular flexibility index (Phi) is 4.71. The first kappa shape index (κ1) is 19.3. The average molecular weight is 390 g/mol. The summed E-state index contributed by atoms with van der Waals surface area (Å²) < 4.78 is 21.6. The first-order chi connectivity index (χ1) is 13.3. The number of hydrogen-bond acceptors (Lipinski definition) is 6. The number of carbonyl (C=O) groups excluding carboxylic acids is 2. The Morgan fingerprint density at radius 1 is 1.21 bits per heavy atom. The zero-order chi connectivity index (χ0) is 20.1. The molecule has 2 saturated carbocycles. The fourth-order valence-corrected chi connectivity index (χ4v) is 6.62. The highest BCUT2D eigenvalue weighted by Crippen LogP contribution is 2.64. The lowest BCUT2D eigenvalue weighted by atomic mass is 9.44. The Morgan fingerprint density at radius 2 is 1.96 bits per heavy atom. The number of carbonyl (C=O) groups is 2. The van der Waals surface area contributed by atoms with Gasteiger partial charge >= 0.3 is 12.1 Å². The third-order valence-electron chi connectivity index (χ3n) is 7.64. The molecule has 6 atom stereocenters. The number of aryl methyl sites for hydroxylation is 1. The molecule has 0 amide bonds. The Bertz CT molecular complexity index is 738. The third-order valence-corrected chi connectivity index (χ3v) is 7.64. The van der Waals surface area contributed by atoms with E-state index in [4.69, 9.17) is 18.6 Å². The minimum atomic E-state index is -0.664. The number of methoxy groups -OCH3 is 1. The van der Waals surface area contributed by atoms with E-state index in [0.717, 1.165) is 37.7 Å². The fraction of sp³-hybridized carbons (Fsp3) is 0.727. The second-order valence-corrected chi connectivity index (χ2v) is 9.57. The van der Waals surface area contributed by atoms with Crippen LogP contribution in [0.5, 0.6) is 0 Å². The summed E-state index contributed by atoms with van der Waals surface area (Å²) in [6.45, 7) is 6.78. The molecule has 3 fully saturated rings. The summed E-state index contributed by atoms with van der Waals surface area (Å²) in [5, 5.41) is 0. The summed E-state index contributed by atoms with van der Waals surface area (Å²) in [7, 11) is 1.40. The van der Waals surface area contributed by atoms with E-state index >= 15 is 0 Å². The summed E-state index contributed by atoms with van der Waals surface area (Å²) in [5.41, 5.74) is 0.971. The van der Waals surface area contributed by atoms with E-state index in [1.165, 1.54) is 7.11 Å². The first-order valence-corrected chi connectivity index (χ1v) is 10.2. The van der Waals surface area contributed by atoms with Crippen molar-refractivity contribution in [2.24, 2.45) is 28.6 Å². The molecule has 0 bridgehead atoms. The zero-order valence-electron chi connectivity index (χ0n) is 17.1. The number of hydrogen-bond donors (Lipinski definition) is 0. The van der Waals surface area contributed by atoms with Crippen molar-refractivity contribution in [3.63, 3.8) is 0 Å². The predicted octanol–water partition coefficient (Wildman–Crippen LogP) is 4.37. The lowest BCUT2D eigenvalue weighted by Crippen LogP contribution is -2.63. The molecule has 1 aromatic heterocycles. The number of furan rings is 1. The van der Waals surface area contributed by atoms with Crippen LogP contribution in [-0.2, 0) is 25.4 Å². The van der Waals surface area contributed by atoms with Gasteiger partial charge in [0.25, 0.3) is 0 Å². The van der Waals surface area contributed by atoms with Gasteiger partial charge in [0.1, 0.15) is 12.0 Å². The Hall–Kier alpha value is -1.98. The van der Waals surface area contributed by atoms with Gasteiger partial charge in [0.15, 0.2) is 6.10 Å². The molecule has 0 N–H and O–H groups in total. The summed E-state index contributed by atoms with van der Waals surface area (Å²) >= 11 is 0. The Morgan fingerprint density at radius 3 is 2.64 bits per heavy atom. The van der Waals surface area contributed by atoms with E-state index in [0.29, 0.717) is 0 Å². The van der Waals surface area contributed by atoms with Gasteiger partial charge in [-0.3, -0.25) is 4.79 Å². The van der Waals surface area contributed by atoms with E-state index < -0.39 is 24.3 Å². The zero-order valence-corrected chi connectivity index (χ0v) is 17.1. The molecular weight excluding hydrogens is 360 g/mol. The summed E-state index contributed by atoms with van der Waals surface area (Å²) in [5.74, 6) is -0.646. The van der Waals surface area contributed by atoms with Crippen LogP contribution in [0.4, 0.5) is 4.79 Å². The number of ether oxygens (including phenoxy) is 3. The first-order valence-electron chi connectivity index (χ1n) is 10.2. The Balaban J connectivity index is 1.76. The van der Waals surface area contributed by atoms with E-state index in [9.17, 15) is 9.59 Å². The molecule has 0 unspecified atom stereocenters. The fourth-order valence-electron chi connectivity index (χ4n) is 6.62. The van der Waals surface area contributed by atoms with Crippen molar-refractivity contribution in [1.29, 1.82) is 0 Å². The van der Waals surface area contributed by atoms with Gasteiger partial charge in [-0.25, -0.2) is 4.79 Å². The van der Waals surface area contributed by atoms with Gasteiger partial charge in [0.05, 0.1) is 19.6 Å². The van der Waals surface area contributed by atoms with Crippen LogP contribution in [0.1, 0.15) is 52.0 Å². The number of fused-ring (bicyclic) bond motifs is 3. The molecule has 2 aliphatic carbocycles. The van der Waals surface area contributed by atoms with E-state index in [-0.39, 0.29) is 28.6 Å². The van der Waals surface area contributed by atoms with E-state index in [2.05, 4.69) is 20.8 Å². The monoisotopic (exact) mass is 390 g/mol. The van der Waals surface area contributed by atoms with Gasteiger partial charge in [-0.05, 0) is 54.1 Å². The quantitative estimate of drug-likeness (QED) is 0.711. The molecule has 28 heavy (non-hydrogen) atoms. The maximum absolute atomic E-state index is 12.9. The molecule has 4 rings (SSSR count). The van der Waals surface area contributed by atoms with Gasteiger partial charge in [-0.15, -0.1) is 0 Å². The molecule has 1 aromatic rings. The smallest absolute Gasteiger partial charge is 0.472 e. The standard InChI is InChI=1S/C22H30O6/c1-21(2)9-5-10-22(3)14(7-6-13-8-11-26-12-13)15(19(23)25-4)16-17(18(21)22)28-20(24)27-16/h8,11-12,14-18H,5-7,9-10H2,1-4H3/t14-,15-,16-,17-,18-,22+/m0/s1. The average Bonchev–Trinajstić information content (AvgIpc) is 3.26. The molecule has 6 heteroatoms. The van der Waals surface area contributed by atoms with Crippen molar-refractivity contribution in [3.05, 3.63) is 24.2 Å². The van der Waals surface area contributed by atoms with Gasteiger partial charge in [0.2, 0.25) is 0 Å². The minimum Gasteiger partial charge on any atom is -0.472 e. The second kappa shape index (κ2) is 6.82. The maximum Gasteiger partial charge on any atom is 0.509 e. The molecule has 0 radical (unpaired) electrons. The molecule has 6 nitrogen and oxygen atoms in total. The largest absolute Gasteiger partial charge is 0.509 e. The summed E-state index contributed by atoms with van der Waals surface area (Å²) in [6.07, 6.45) is 6.58. The lowest BCUT2D eigenvalue weighted by molar-refractivity contribution is -0.192. The predicted molar refractivity (Wildman–Crippen MR) is 100 cm³/mol. The van der Waals surface area contributed by atoms with Gasteiger partial charge < -0.3 is 18.6 Å². The van der Waals surface area contributed by atoms with Crippen molar-refractivity contribution in [1.82, 2.24) is 0 Å². The van der Waals surface area contributed by atoms with Crippen molar-refractivity contribution in [2.75, 3.05) is 7.11 Å². The van der Waals surface area contributed by atoms with Crippen LogP contribution in [0.3, 0.4) is 0 Å². The van der Waals surface area contributed by atoms with Crippen LogP contribution in [0.15, 0.2) is 23.0 Å². The van der Waals surface area contributed by atoms with Gasteiger partial charge in [-0.2, -0.15) is 0 Å². The molecule has 1 aliphatic heterocycles. The van der Waals surface area contributed by atoms with Crippen molar-refractivity contribution >= 4 is 12.1 Å². The number of rotatable bonds is 4. The molecule has 1 saturated heterocycles. The Labute approximate surface area is 165 Å². The summed E-state index contributed by atoms with van der Waals surface area (Å²) in [6, 6.07) is 1.96. The lowest BCUT2D eigenvalue weighted by Gasteiger charge is -2.60. The van der Waals surface area contributed by atoms with Crippen molar-refractivity contribution in [3.8, 4) is 0 Å². The highest BCUT2D eigenvalue weighted by atomic mass is 16.8. The topological polar surface area (TPSA) is 75.0 Å². The summed E-state index contributed by atoms with van der Waals surface area (Å²) in [4.78, 5) is 25.0. The molecule has 154 valence electrons. The van der Waals surface area contributed by atoms with Crippen LogP contribution < -0.4 is 0 Å². The molecule has 0 aromatic carbocycles. The van der Waals surface area contributed by atoms with Crippen molar-refractivity contribution in [2.45, 2.75) is 65.1 Å². The van der Waals surface area contributed by atoms with Gasteiger partial charge in [-0.1, -0.05) is 27.2 Å². The molecule has 2 heterocycles. The second-order valence-electron chi connectivity index (χ2n) is 9.57. The molecule has 3 aliphatic rings. The van der Waals surface area contributed by atoms with E-state index in [1.54, 1.807) is 12.5 Å². The van der Waals surface area contributed by atoms with Crippen LogP contribution in [0.2, 0.25) is 0 Å². The van der Waals surface area contributed by atoms with Gasteiger partial charge in [0, 0.05) is 5.92 Å². The van der Waals surface area contributed by atoms with Crippen LogP contribution >= 0.6 is 0 Å². The normalized spacial score (nSPS) is 38.7. The minimum absolute atomic E-state index is 0.00111. The van der Waals surface area contributed by atoms with E-state index in [1.807, 2.05) is 6.07 Å².